The largest absolute Gasteiger partial charge is 0.462 e. The van der Waals surface area contributed by atoms with Crippen LogP contribution in [0.25, 0.3) is 0 Å². The summed E-state index contributed by atoms with van der Waals surface area (Å²) in [5.41, 5.74) is 0. The lowest BCUT2D eigenvalue weighted by atomic mass is 9.98. The minimum Gasteiger partial charge on any atom is -0.462 e. The highest BCUT2D eigenvalue weighted by molar-refractivity contribution is 5.70. The number of ether oxygens (including phenoxy) is 6. The second kappa shape index (κ2) is 39.9. The van der Waals surface area contributed by atoms with E-state index in [0.717, 1.165) is 44.9 Å². The first-order valence-electron chi connectivity index (χ1n) is 26.7. The van der Waals surface area contributed by atoms with E-state index >= 15 is 0 Å². The molecule has 0 spiro atoms. The summed E-state index contributed by atoms with van der Waals surface area (Å²) in [6, 6.07) is 0. The van der Waals surface area contributed by atoms with Crippen molar-refractivity contribution < 1.29 is 73.8 Å². The Balaban J connectivity index is 1.78. The Morgan fingerprint density at radius 1 is 0.493 bits per heavy atom. The molecule has 2 rings (SSSR count). The molecular weight excluding hydrogens is 865 g/mol. The number of aliphatic hydroxyl groups excluding tert-OH is 7. The number of hydrogen-bond donors (Lipinski definition) is 7. The van der Waals surface area contributed by atoms with Crippen molar-refractivity contribution in [2.24, 2.45) is 0 Å². The van der Waals surface area contributed by atoms with Crippen LogP contribution in [0.5, 0.6) is 0 Å². The molecule has 0 amide bonds. The van der Waals surface area contributed by atoms with E-state index < -0.39 is 92.7 Å². The molecule has 67 heavy (non-hydrogen) atoms. The lowest BCUT2D eigenvalue weighted by molar-refractivity contribution is -0.332. The molecule has 15 heteroatoms. The first-order chi connectivity index (χ1) is 32.5. The number of carbonyl (C=O) groups excluding carboxylic acids is 2. The Morgan fingerprint density at radius 3 is 1.33 bits per heavy atom. The number of allylic oxidation sites excluding steroid dienone is 1. The summed E-state index contributed by atoms with van der Waals surface area (Å²) >= 11 is 0. The topological polar surface area (TPSA) is 231 Å². The molecule has 0 aromatic rings. The molecule has 2 aliphatic rings. The van der Waals surface area contributed by atoms with Crippen molar-refractivity contribution >= 4 is 11.9 Å². The Hall–Kier alpha value is -1.76. The third-order valence-electron chi connectivity index (χ3n) is 13.1. The normalized spacial score (nSPS) is 25.8. The molecule has 2 aliphatic heterocycles. The molecule has 0 radical (unpaired) electrons. The Kier molecular flexibility index (Phi) is 36.5. The Labute approximate surface area is 403 Å². The highest BCUT2D eigenvalue weighted by atomic mass is 16.7. The van der Waals surface area contributed by atoms with Crippen LogP contribution in [0.15, 0.2) is 12.7 Å². The molecule has 0 aromatic heterocycles. The maximum absolute atomic E-state index is 13.0. The summed E-state index contributed by atoms with van der Waals surface area (Å²) in [5, 5.41) is 72.1. The second-order valence-electron chi connectivity index (χ2n) is 19.2. The summed E-state index contributed by atoms with van der Waals surface area (Å²) in [7, 11) is 0. The van der Waals surface area contributed by atoms with Crippen LogP contribution in [-0.4, -0.2) is 142 Å². The summed E-state index contributed by atoms with van der Waals surface area (Å²) in [6.45, 7) is 4.16. The highest BCUT2D eigenvalue weighted by Gasteiger charge is 2.47. The average Bonchev–Trinajstić information content (AvgIpc) is 3.32. The van der Waals surface area contributed by atoms with Gasteiger partial charge in [-0.3, -0.25) is 9.59 Å². The van der Waals surface area contributed by atoms with Crippen molar-refractivity contribution in [3.05, 3.63) is 12.7 Å². The van der Waals surface area contributed by atoms with E-state index in [1.54, 1.807) is 0 Å². The van der Waals surface area contributed by atoms with Crippen LogP contribution in [0.1, 0.15) is 212 Å². The van der Waals surface area contributed by atoms with Gasteiger partial charge in [-0.2, -0.15) is 0 Å². The van der Waals surface area contributed by atoms with Gasteiger partial charge in [-0.15, -0.1) is 6.58 Å². The maximum atomic E-state index is 13.0. The fourth-order valence-electron chi connectivity index (χ4n) is 8.73. The van der Waals surface area contributed by atoms with Gasteiger partial charge in [0.25, 0.3) is 0 Å². The molecule has 2 heterocycles. The molecule has 11 atom stereocenters. The summed E-state index contributed by atoms with van der Waals surface area (Å²) in [4.78, 5) is 25.8. The van der Waals surface area contributed by atoms with Crippen molar-refractivity contribution in [2.75, 3.05) is 26.4 Å². The molecule has 7 N–H and O–H groups in total. The molecule has 0 bridgehead atoms. The maximum Gasteiger partial charge on any atom is 0.306 e. The van der Waals surface area contributed by atoms with Crippen molar-refractivity contribution in [2.45, 2.75) is 280 Å². The SMILES string of the molecule is C=CCCCCCCCCCCCCCCCC(=O)OC[C@H](CO[C@@H]1O[C@H](CO[C@@H]2O[C@H](CO)[C@H](O)C(O)C2O)[C@H](O)C(O)C1O)OC(=O)CCCCCCCCCCCCCCCCCC. The predicted octanol–water partition coefficient (Wildman–Crippen LogP) is 7.77. The van der Waals surface area contributed by atoms with Crippen molar-refractivity contribution in [1.82, 2.24) is 0 Å². The first kappa shape index (κ1) is 61.4. The monoisotopic (exact) mass is 961 g/mol. The molecule has 4 unspecified atom stereocenters. The van der Waals surface area contributed by atoms with Crippen molar-refractivity contribution in [3.63, 3.8) is 0 Å². The average molecular weight is 961 g/mol. The van der Waals surface area contributed by atoms with Gasteiger partial charge in [0.1, 0.15) is 55.4 Å². The van der Waals surface area contributed by atoms with Gasteiger partial charge in [-0.25, -0.2) is 0 Å². The molecule has 394 valence electrons. The van der Waals surface area contributed by atoms with Gasteiger partial charge in [0.15, 0.2) is 18.7 Å². The van der Waals surface area contributed by atoms with Gasteiger partial charge in [0.05, 0.1) is 19.8 Å². The Bertz CT molecular complexity index is 1210. The smallest absolute Gasteiger partial charge is 0.306 e. The number of unbranched alkanes of at least 4 members (excludes halogenated alkanes) is 28. The molecular formula is C52H96O15. The zero-order valence-corrected chi connectivity index (χ0v) is 41.5. The van der Waals surface area contributed by atoms with Gasteiger partial charge in [0, 0.05) is 12.8 Å². The standard InChI is InChI=1S/C52H96O15/c1-3-5-7-9-11-13-15-17-19-21-23-25-27-29-31-33-35-44(55)65-40(37-62-43(54)34-32-30-28-26-24-22-20-18-16-14-12-10-8-6-4-2)38-63-51-50(61)48(59)46(57)42(67-51)39-64-52-49(60)47(58)45(56)41(36-53)66-52/h4,40-42,45-53,56-61H,2-3,5-39H2,1H3/t40-,41-,42-,45+,46+,47?,48?,49?,50?,51-,52-/m1/s1. The lowest BCUT2D eigenvalue weighted by Crippen LogP contribution is -2.61. The van der Waals surface area contributed by atoms with Crippen LogP contribution < -0.4 is 0 Å². The second-order valence-corrected chi connectivity index (χ2v) is 19.2. The van der Waals surface area contributed by atoms with Gasteiger partial charge >= 0.3 is 11.9 Å². The third-order valence-corrected chi connectivity index (χ3v) is 13.1. The highest BCUT2D eigenvalue weighted by Crippen LogP contribution is 2.27. The molecule has 0 aliphatic carbocycles. The van der Waals surface area contributed by atoms with E-state index in [4.69, 9.17) is 28.4 Å². The van der Waals surface area contributed by atoms with Gasteiger partial charge in [0.2, 0.25) is 0 Å². The van der Waals surface area contributed by atoms with Crippen LogP contribution >= 0.6 is 0 Å². The van der Waals surface area contributed by atoms with Gasteiger partial charge in [-0.05, 0) is 25.7 Å². The van der Waals surface area contributed by atoms with E-state index in [0.29, 0.717) is 12.8 Å². The molecule has 2 saturated heterocycles. The predicted molar refractivity (Wildman–Crippen MR) is 257 cm³/mol. The van der Waals surface area contributed by atoms with Gasteiger partial charge < -0.3 is 64.2 Å². The van der Waals surface area contributed by atoms with Crippen LogP contribution in [0.4, 0.5) is 0 Å². The quantitative estimate of drug-likeness (QED) is 0.0176. The molecule has 2 fully saturated rings. The number of esters is 2. The molecule has 15 nitrogen and oxygen atoms in total. The number of aliphatic hydroxyl groups is 7. The number of carbonyl (C=O) groups is 2. The lowest BCUT2D eigenvalue weighted by Gasteiger charge is -2.42. The summed E-state index contributed by atoms with van der Waals surface area (Å²) < 4.78 is 33.6. The summed E-state index contributed by atoms with van der Waals surface area (Å²) in [6.07, 6.45) is 21.2. The number of rotatable bonds is 43. The van der Waals surface area contributed by atoms with E-state index in [-0.39, 0.29) is 26.1 Å². The third kappa shape index (κ3) is 28.0. The van der Waals surface area contributed by atoms with E-state index in [1.807, 2.05) is 6.08 Å². The van der Waals surface area contributed by atoms with E-state index in [1.165, 1.54) is 135 Å². The fourth-order valence-corrected chi connectivity index (χ4v) is 8.73. The summed E-state index contributed by atoms with van der Waals surface area (Å²) in [5.74, 6) is -0.915. The minimum absolute atomic E-state index is 0.171. The molecule has 0 saturated carbocycles. The van der Waals surface area contributed by atoms with E-state index in [9.17, 15) is 45.3 Å². The zero-order valence-electron chi connectivity index (χ0n) is 41.5. The Morgan fingerprint density at radius 2 is 0.881 bits per heavy atom. The van der Waals surface area contributed by atoms with Crippen LogP contribution in [0, 0.1) is 0 Å². The zero-order chi connectivity index (χ0) is 48.9. The fraction of sp³-hybridized carbons (Fsp3) is 0.923. The van der Waals surface area contributed by atoms with Crippen LogP contribution in [0.3, 0.4) is 0 Å². The van der Waals surface area contributed by atoms with Crippen LogP contribution in [0.2, 0.25) is 0 Å². The van der Waals surface area contributed by atoms with Gasteiger partial charge in [-0.1, -0.05) is 180 Å². The number of hydrogen-bond acceptors (Lipinski definition) is 15. The first-order valence-corrected chi connectivity index (χ1v) is 26.7. The van der Waals surface area contributed by atoms with Crippen molar-refractivity contribution in [1.29, 1.82) is 0 Å². The minimum atomic E-state index is -1.76. The molecule has 0 aromatic carbocycles. The van der Waals surface area contributed by atoms with Crippen LogP contribution in [-0.2, 0) is 38.0 Å². The van der Waals surface area contributed by atoms with Crippen molar-refractivity contribution in [3.8, 4) is 0 Å². The van der Waals surface area contributed by atoms with E-state index in [2.05, 4.69) is 13.5 Å².